The third-order valence-electron chi connectivity index (χ3n) is 4.81. The van der Waals surface area contributed by atoms with Crippen LogP contribution in [0.4, 0.5) is 0 Å². The van der Waals surface area contributed by atoms with Crippen molar-refractivity contribution in [3.05, 3.63) is 29.8 Å². The average molecular weight is 318 g/mol. The smallest absolute Gasteiger partial charge is 0.119 e. The van der Waals surface area contributed by atoms with Gasteiger partial charge < -0.3 is 9.64 Å². The Hall–Kier alpha value is -1.02. The van der Waals surface area contributed by atoms with Gasteiger partial charge in [-0.05, 0) is 88.7 Å². The van der Waals surface area contributed by atoms with Crippen LogP contribution in [0.25, 0.3) is 0 Å². The summed E-state index contributed by atoms with van der Waals surface area (Å²) in [5.74, 6) is 2.46. The summed E-state index contributed by atoms with van der Waals surface area (Å²) in [6, 6.07) is 8.86. The molecule has 0 amide bonds. The van der Waals surface area contributed by atoms with Crippen LogP contribution < -0.4 is 4.74 Å². The SMILES string of the molecule is CC(C)CC[C@H](CCN1CCCC1)c1ccc(OC(C)C)cc1. The second-order valence-electron chi connectivity index (χ2n) is 7.74. The molecule has 1 atom stereocenters. The Bertz CT molecular complexity index is 432. The van der Waals surface area contributed by atoms with Gasteiger partial charge in [-0.1, -0.05) is 32.4 Å². The van der Waals surface area contributed by atoms with E-state index >= 15 is 0 Å². The first-order chi connectivity index (χ1) is 11.0. The zero-order chi connectivity index (χ0) is 16.7. The van der Waals surface area contributed by atoms with Crippen molar-refractivity contribution in [2.24, 2.45) is 5.92 Å². The molecule has 1 fully saturated rings. The Morgan fingerprint density at radius 3 is 2.13 bits per heavy atom. The van der Waals surface area contributed by atoms with Crippen LogP contribution >= 0.6 is 0 Å². The van der Waals surface area contributed by atoms with Gasteiger partial charge in [-0.3, -0.25) is 0 Å². The van der Waals surface area contributed by atoms with Crippen LogP contribution in [0.1, 0.15) is 71.3 Å². The summed E-state index contributed by atoms with van der Waals surface area (Å²) in [5.41, 5.74) is 1.49. The molecular weight excluding hydrogens is 282 g/mol. The van der Waals surface area contributed by atoms with Gasteiger partial charge in [0, 0.05) is 0 Å². The van der Waals surface area contributed by atoms with E-state index in [0.717, 1.165) is 11.7 Å². The maximum Gasteiger partial charge on any atom is 0.119 e. The normalized spacial score (nSPS) is 17.1. The van der Waals surface area contributed by atoms with Crippen LogP contribution in [0.15, 0.2) is 24.3 Å². The van der Waals surface area contributed by atoms with Gasteiger partial charge in [-0.15, -0.1) is 0 Å². The van der Waals surface area contributed by atoms with Crippen molar-refractivity contribution in [2.75, 3.05) is 19.6 Å². The van der Waals surface area contributed by atoms with Gasteiger partial charge in [0.15, 0.2) is 0 Å². The number of ether oxygens (including phenoxy) is 1. The van der Waals surface area contributed by atoms with Crippen molar-refractivity contribution >= 4 is 0 Å². The van der Waals surface area contributed by atoms with Crippen molar-refractivity contribution in [1.29, 1.82) is 0 Å². The average Bonchev–Trinajstić information content (AvgIpc) is 3.01. The van der Waals surface area contributed by atoms with E-state index in [1.54, 1.807) is 0 Å². The Kier molecular flexibility index (Phi) is 7.42. The number of likely N-dealkylation sites (tertiary alicyclic amines) is 1. The maximum atomic E-state index is 5.78. The monoisotopic (exact) mass is 317 g/mol. The lowest BCUT2D eigenvalue weighted by atomic mass is 9.88. The first-order valence-electron chi connectivity index (χ1n) is 9.53. The fraction of sp³-hybridized carbons (Fsp3) is 0.714. The van der Waals surface area contributed by atoms with Gasteiger partial charge in [0.1, 0.15) is 5.75 Å². The van der Waals surface area contributed by atoms with Crippen molar-refractivity contribution in [2.45, 2.75) is 71.8 Å². The molecule has 0 radical (unpaired) electrons. The first-order valence-corrected chi connectivity index (χ1v) is 9.53. The van der Waals surface area contributed by atoms with Crippen LogP contribution in [-0.2, 0) is 0 Å². The van der Waals surface area contributed by atoms with Gasteiger partial charge in [-0.25, -0.2) is 0 Å². The second-order valence-corrected chi connectivity index (χ2v) is 7.74. The summed E-state index contributed by atoms with van der Waals surface area (Å²) >= 11 is 0. The predicted octanol–water partition coefficient (Wildman–Crippen LogP) is 5.48. The van der Waals surface area contributed by atoms with E-state index < -0.39 is 0 Å². The molecule has 0 saturated carbocycles. The number of benzene rings is 1. The maximum absolute atomic E-state index is 5.78. The number of hydrogen-bond donors (Lipinski definition) is 0. The summed E-state index contributed by atoms with van der Waals surface area (Å²) in [5, 5.41) is 0. The lowest BCUT2D eigenvalue weighted by Crippen LogP contribution is -2.22. The van der Waals surface area contributed by atoms with E-state index in [0.29, 0.717) is 5.92 Å². The summed E-state index contributed by atoms with van der Waals surface area (Å²) in [4.78, 5) is 2.64. The molecule has 1 aliphatic heterocycles. The molecule has 1 aromatic carbocycles. The molecule has 0 aromatic heterocycles. The molecule has 0 aliphatic carbocycles. The van der Waals surface area contributed by atoms with Gasteiger partial charge in [0.25, 0.3) is 0 Å². The number of nitrogens with zero attached hydrogens (tertiary/aromatic N) is 1. The molecule has 0 bridgehead atoms. The van der Waals surface area contributed by atoms with Crippen molar-refractivity contribution in [3.63, 3.8) is 0 Å². The highest BCUT2D eigenvalue weighted by molar-refractivity contribution is 5.29. The fourth-order valence-corrected chi connectivity index (χ4v) is 3.45. The Balaban J connectivity index is 1.96. The summed E-state index contributed by atoms with van der Waals surface area (Å²) in [6.07, 6.45) is 6.92. The van der Waals surface area contributed by atoms with Gasteiger partial charge >= 0.3 is 0 Å². The summed E-state index contributed by atoms with van der Waals surface area (Å²) in [6.45, 7) is 12.7. The van der Waals surface area contributed by atoms with Crippen molar-refractivity contribution in [1.82, 2.24) is 4.90 Å². The lowest BCUT2D eigenvalue weighted by molar-refractivity contribution is 0.242. The molecular formula is C21H35NO. The molecule has 2 rings (SSSR count). The Morgan fingerprint density at radius 2 is 1.57 bits per heavy atom. The quantitative estimate of drug-likeness (QED) is 0.598. The minimum absolute atomic E-state index is 0.243. The van der Waals surface area contributed by atoms with Crippen LogP contribution in [0.2, 0.25) is 0 Å². The molecule has 1 aliphatic rings. The second kappa shape index (κ2) is 9.32. The highest BCUT2D eigenvalue weighted by atomic mass is 16.5. The molecule has 23 heavy (non-hydrogen) atoms. The molecule has 1 saturated heterocycles. The number of rotatable bonds is 9. The minimum Gasteiger partial charge on any atom is -0.491 e. The van der Waals surface area contributed by atoms with E-state index in [1.165, 1.54) is 57.3 Å². The highest BCUT2D eigenvalue weighted by Crippen LogP contribution is 2.29. The topological polar surface area (TPSA) is 12.5 Å². The Morgan fingerprint density at radius 1 is 0.913 bits per heavy atom. The predicted molar refractivity (Wildman–Crippen MR) is 99.3 cm³/mol. The number of hydrogen-bond acceptors (Lipinski definition) is 2. The molecule has 2 heteroatoms. The molecule has 2 nitrogen and oxygen atoms in total. The van der Waals surface area contributed by atoms with Crippen molar-refractivity contribution < 1.29 is 4.74 Å². The Labute approximate surface area is 143 Å². The zero-order valence-corrected chi connectivity index (χ0v) is 15.6. The molecule has 0 N–H and O–H groups in total. The lowest BCUT2D eigenvalue weighted by Gasteiger charge is -2.22. The molecule has 130 valence electrons. The fourth-order valence-electron chi connectivity index (χ4n) is 3.45. The molecule has 1 aromatic rings. The van der Waals surface area contributed by atoms with Gasteiger partial charge in [-0.2, -0.15) is 0 Å². The van der Waals surface area contributed by atoms with Crippen LogP contribution in [-0.4, -0.2) is 30.6 Å². The standard InChI is InChI=1S/C21H35NO/c1-17(2)7-8-20(13-16-22-14-5-6-15-22)19-9-11-21(12-10-19)23-18(3)4/h9-12,17-18,20H,5-8,13-16H2,1-4H3/t20-/m1/s1. The third-order valence-corrected chi connectivity index (χ3v) is 4.81. The van der Waals surface area contributed by atoms with Gasteiger partial charge in [0.2, 0.25) is 0 Å². The van der Waals surface area contributed by atoms with E-state index in [-0.39, 0.29) is 6.10 Å². The first kappa shape index (κ1) is 18.3. The van der Waals surface area contributed by atoms with Crippen LogP contribution in [0.5, 0.6) is 5.75 Å². The summed E-state index contributed by atoms with van der Waals surface area (Å²) in [7, 11) is 0. The van der Waals surface area contributed by atoms with E-state index in [1.807, 2.05) is 0 Å². The van der Waals surface area contributed by atoms with E-state index in [9.17, 15) is 0 Å². The van der Waals surface area contributed by atoms with Crippen LogP contribution in [0, 0.1) is 5.92 Å². The largest absolute Gasteiger partial charge is 0.491 e. The van der Waals surface area contributed by atoms with Crippen LogP contribution in [0.3, 0.4) is 0 Å². The highest BCUT2D eigenvalue weighted by Gasteiger charge is 2.17. The molecule has 1 heterocycles. The molecule has 0 unspecified atom stereocenters. The zero-order valence-electron chi connectivity index (χ0n) is 15.6. The third kappa shape index (κ3) is 6.55. The van der Waals surface area contributed by atoms with Gasteiger partial charge in [0.05, 0.1) is 6.10 Å². The van der Waals surface area contributed by atoms with E-state index in [4.69, 9.17) is 4.74 Å². The summed E-state index contributed by atoms with van der Waals surface area (Å²) < 4.78 is 5.78. The minimum atomic E-state index is 0.243. The van der Waals surface area contributed by atoms with Crippen molar-refractivity contribution in [3.8, 4) is 5.75 Å². The van der Waals surface area contributed by atoms with E-state index in [2.05, 4.69) is 56.9 Å². The molecule has 0 spiro atoms.